The topological polar surface area (TPSA) is 12.0 Å². The van der Waals surface area contributed by atoms with E-state index in [1.807, 2.05) is 0 Å². The zero-order valence-electron chi connectivity index (χ0n) is 36.5. The van der Waals surface area contributed by atoms with E-state index in [2.05, 4.69) is 102 Å². The van der Waals surface area contributed by atoms with Gasteiger partial charge in [-0.3, -0.25) is 0 Å². The Morgan fingerprint density at radius 1 is 0.566 bits per heavy atom. The number of hydrogen-bond donors (Lipinski definition) is 1. The van der Waals surface area contributed by atoms with Crippen LogP contribution in [-0.4, -0.2) is 13.8 Å². The molecule has 0 radical (unpaired) electrons. The standard InChI is InChI=1S/C51H85NSi/c1-9-11-13-15-17-19-21-23-25-27-29-33-37-51(38-34-30-28-26-24-22-20-18-16-14-12-10-2)47-36-32-31-35-44(47)46-41-45-43(40-48(46)51)39-42(3)49(45)53(7,8)52-50(4,5)6/h31-32,35-36,39-41,49,52H,9-30,33-34,37-38H2,1-8H3. The van der Waals surface area contributed by atoms with Crippen LogP contribution in [0.2, 0.25) is 13.1 Å². The fourth-order valence-electron chi connectivity index (χ4n) is 10.7. The summed E-state index contributed by atoms with van der Waals surface area (Å²) in [6.07, 6.45) is 39.2. The predicted octanol–water partition coefficient (Wildman–Crippen LogP) is 16.8. The highest BCUT2D eigenvalue weighted by molar-refractivity contribution is 6.77. The average molecular weight is 740 g/mol. The molecule has 0 bridgehead atoms. The van der Waals surface area contributed by atoms with Crippen LogP contribution in [0.3, 0.4) is 0 Å². The number of fused-ring (bicyclic) bond motifs is 4. The van der Waals surface area contributed by atoms with Gasteiger partial charge in [0.15, 0.2) is 0 Å². The highest BCUT2D eigenvalue weighted by Crippen LogP contribution is 2.56. The molecule has 1 unspecified atom stereocenters. The van der Waals surface area contributed by atoms with Crippen molar-refractivity contribution in [1.29, 1.82) is 0 Å². The first kappa shape index (κ1) is 44.1. The minimum Gasteiger partial charge on any atom is -0.332 e. The van der Waals surface area contributed by atoms with Crippen molar-refractivity contribution in [2.75, 3.05) is 0 Å². The monoisotopic (exact) mass is 740 g/mol. The quantitative estimate of drug-likeness (QED) is 0.0677. The first-order valence-electron chi connectivity index (χ1n) is 23.3. The molecule has 0 spiro atoms. The van der Waals surface area contributed by atoms with Crippen molar-refractivity contribution in [2.24, 2.45) is 0 Å². The van der Waals surface area contributed by atoms with Gasteiger partial charge in [-0.2, -0.15) is 0 Å². The summed E-state index contributed by atoms with van der Waals surface area (Å²) in [4.78, 5) is 4.14. The van der Waals surface area contributed by atoms with Crippen LogP contribution in [0.1, 0.15) is 236 Å². The van der Waals surface area contributed by atoms with Gasteiger partial charge < -0.3 is 4.98 Å². The van der Waals surface area contributed by atoms with Crippen LogP contribution in [0.4, 0.5) is 0 Å². The lowest BCUT2D eigenvalue weighted by Gasteiger charge is -2.39. The summed E-state index contributed by atoms with van der Waals surface area (Å²) in [5.41, 5.74) is 11.9. The molecule has 0 aromatic heterocycles. The van der Waals surface area contributed by atoms with Crippen molar-refractivity contribution >= 4 is 14.3 Å². The Morgan fingerprint density at radius 2 is 1.00 bits per heavy atom. The smallest absolute Gasteiger partial charge is 0.131 e. The number of benzene rings is 2. The fraction of sp³-hybridized carbons (Fsp3) is 0.725. The second-order valence-corrected chi connectivity index (χ2v) is 23.6. The molecule has 2 heteroatoms. The molecule has 0 aliphatic heterocycles. The van der Waals surface area contributed by atoms with E-state index in [0.717, 1.165) is 0 Å². The maximum absolute atomic E-state index is 4.14. The van der Waals surface area contributed by atoms with Gasteiger partial charge in [-0.05, 0) is 86.1 Å². The predicted molar refractivity (Wildman–Crippen MR) is 241 cm³/mol. The maximum Gasteiger partial charge on any atom is 0.131 e. The first-order valence-corrected chi connectivity index (χ1v) is 26.4. The van der Waals surface area contributed by atoms with Crippen molar-refractivity contribution in [3.63, 3.8) is 0 Å². The van der Waals surface area contributed by atoms with Gasteiger partial charge >= 0.3 is 0 Å². The van der Waals surface area contributed by atoms with Crippen molar-refractivity contribution in [3.8, 4) is 11.1 Å². The van der Waals surface area contributed by atoms with Gasteiger partial charge in [0, 0.05) is 16.5 Å². The third kappa shape index (κ3) is 13.0. The number of hydrogen-bond acceptors (Lipinski definition) is 1. The van der Waals surface area contributed by atoms with Crippen molar-refractivity contribution in [3.05, 3.63) is 64.2 Å². The molecular formula is C51H85NSi. The summed E-state index contributed by atoms with van der Waals surface area (Å²) in [5.74, 6) is 0. The molecule has 2 aliphatic carbocycles. The lowest BCUT2D eigenvalue weighted by molar-refractivity contribution is 0.396. The van der Waals surface area contributed by atoms with Gasteiger partial charge in [-0.1, -0.05) is 217 Å². The number of rotatable bonds is 28. The molecule has 0 heterocycles. The van der Waals surface area contributed by atoms with Crippen LogP contribution in [0.15, 0.2) is 42.0 Å². The Bertz CT molecular complexity index is 1350. The first-order chi connectivity index (χ1) is 25.5. The Hall–Kier alpha value is -1.64. The zero-order valence-corrected chi connectivity index (χ0v) is 37.5. The molecule has 1 nitrogen and oxygen atoms in total. The molecular weight excluding hydrogens is 655 g/mol. The summed E-state index contributed by atoms with van der Waals surface area (Å²) in [6, 6.07) is 15.0. The van der Waals surface area contributed by atoms with E-state index in [-0.39, 0.29) is 11.0 Å². The molecule has 0 fully saturated rings. The SMILES string of the molecule is CCCCCCCCCCCCCCC1(CCCCCCCCCCCCCC)c2ccccc2-c2cc3c(cc21)C=C(C)C3[Si](C)(C)NC(C)(C)C. The summed E-state index contributed by atoms with van der Waals surface area (Å²) in [5, 5.41) is 0. The average Bonchev–Trinajstić information content (AvgIpc) is 3.58. The summed E-state index contributed by atoms with van der Waals surface area (Å²) >= 11 is 0. The largest absolute Gasteiger partial charge is 0.332 e. The third-order valence-corrected chi connectivity index (χ3v) is 16.6. The van der Waals surface area contributed by atoms with Gasteiger partial charge in [0.25, 0.3) is 0 Å². The van der Waals surface area contributed by atoms with E-state index < -0.39 is 8.24 Å². The van der Waals surface area contributed by atoms with E-state index in [9.17, 15) is 0 Å². The zero-order chi connectivity index (χ0) is 38.2. The Morgan fingerprint density at radius 3 is 1.45 bits per heavy atom. The van der Waals surface area contributed by atoms with Crippen LogP contribution >= 0.6 is 0 Å². The normalized spacial score (nSPS) is 16.2. The molecule has 4 rings (SSSR count). The lowest BCUT2D eigenvalue weighted by atomic mass is 9.70. The Balaban J connectivity index is 1.45. The second kappa shape index (κ2) is 22.2. The fourth-order valence-corrected chi connectivity index (χ4v) is 15.0. The summed E-state index contributed by atoms with van der Waals surface area (Å²) in [7, 11) is -1.80. The molecule has 53 heavy (non-hydrogen) atoms. The van der Waals surface area contributed by atoms with Crippen molar-refractivity contribution in [1.82, 2.24) is 4.98 Å². The molecule has 0 amide bonds. The second-order valence-electron chi connectivity index (χ2n) is 19.4. The molecule has 1 atom stereocenters. The van der Waals surface area contributed by atoms with Crippen LogP contribution in [0.5, 0.6) is 0 Å². The van der Waals surface area contributed by atoms with E-state index in [1.165, 1.54) is 178 Å². The maximum atomic E-state index is 4.14. The minimum atomic E-state index is -1.80. The Labute approximate surface area is 331 Å². The van der Waals surface area contributed by atoms with E-state index in [4.69, 9.17) is 0 Å². The minimum absolute atomic E-state index is 0.125. The van der Waals surface area contributed by atoms with Crippen LogP contribution in [0.25, 0.3) is 17.2 Å². The van der Waals surface area contributed by atoms with Gasteiger partial charge in [0.05, 0.1) is 0 Å². The van der Waals surface area contributed by atoms with Crippen molar-refractivity contribution < 1.29 is 0 Å². The van der Waals surface area contributed by atoms with E-state index in [0.29, 0.717) is 5.54 Å². The lowest BCUT2D eigenvalue weighted by Crippen LogP contribution is -2.58. The number of nitrogens with one attached hydrogen (secondary N) is 1. The third-order valence-electron chi connectivity index (χ3n) is 13.0. The molecule has 0 saturated carbocycles. The molecule has 1 N–H and O–H groups in total. The highest BCUT2D eigenvalue weighted by Gasteiger charge is 2.45. The molecule has 0 saturated heterocycles. The van der Waals surface area contributed by atoms with Crippen LogP contribution in [0, 0.1) is 0 Å². The molecule has 298 valence electrons. The highest BCUT2D eigenvalue weighted by atomic mass is 28.3. The van der Waals surface area contributed by atoms with Crippen LogP contribution in [-0.2, 0) is 5.41 Å². The molecule has 2 aromatic carbocycles. The van der Waals surface area contributed by atoms with Gasteiger partial charge in [0.1, 0.15) is 8.24 Å². The van der Waals surface area contributed by atoms with Gasteiger partial charge in [0.2, 0.25) is 0 Å². The van der Waals surface area contributed by atoms with Gasteiger partial charge in [-0.15, -0.1) is 0 Å². The molecule has 2 aromatic rings. The molecule has 2 aliphatic rings. The van der Waals surface area contributed by atoms with Crippen LogP contribution < -0.4 is 4.98 Å². The number of allylic oxidation sites excluding steroid dienone is 1. The van der Waals surface area contributed by atoms with E-state index >= 15 is 0 Å². The number of unbranched alkanes of at least 4 members (excludes halogenated alkanes) is 22. The summed E-state index contributed by atoms with van der Waals surface area (Å²) in [6.45, 7) is 19.2. The Kier molecular flexibility index (Phi) is 18.5. The summed E-state index contributed by atoms with van der Waals surface area (Å²) < 4.78 is 0. The van der Waals surface area contributed by atoms with E-state index in [1.54, 1.807) is 27.8 Å². The van der Waals surface area contributed by atoms with Crippen molar-refractivity contribution in [2.45, 2.75) is 238 Å². The van der Waals surface area contributed by atoms with Gasteiger partial charge in [-0.25, -0.2) is 0 Å².